The normalized spacial score (nSPS) is 9.88. The smallest absolute Gasteiger partial charge is 0.198 e. The molecule has 0 bridgehead atoms. The average molecular weight is 151 g/mol. The van der Waals surface area contributed by atoms with Gasteiger partial charge in [0.1, 0.15) is 0 Å². The summed E-state index contributed by atoms with van der Waals surface area (Å²) >= 11 is 10.9. The van der Waals surface area contributed by atoms with Crippen molar-refractivity contribution in [1.29, 1.82) is 0 Å². The summed E-state index contributed by atoms with van der Waals surface area (Å²) in [7, 11) is 0. The van der Waals surface area contributed by atoms with Gasteiger partial charge >= 0.3 is 0 Å². The highest BCUT2D eigenvalue weighted by Gasteiger charge is 1.99. The molecule has 3 heteroatoms. The summed E-state index contributed by atoms with van der Waals surface area (Å²) in [6.45, 7) is 1.83. The van der Waals surface area contributed by atoms with Crippen LogP contribution >= 0.6 is 23.2 Å². The fourth-order valence-corrected chi connectivity index (χ4v) is 0.840. The molecule has 1 heterocycles. The van der Waals surface area contributed by atoms with Crippen molar-refractivity contribution >= 4 is 23.2 Å². The molecule has 0 unspecified atom stereocenters. The Balaban J connectivity index is 3.14. The molecule has 1 aromatic heterocycles. The van der Waals surface area contributed by atoms with Crippen LogP contribution in [0.5, 0.6) is 0 Å². The molecular weight excluding hydrogens is 147 g/mol. The van der Waals surface area contributed by atoms with Gasteiger partial charge in [0.25, 0.3) is 0 Å². The standard InChI is InChI=1S/C5H4Cl2O/c1-3-2-4(6)8-5(3)7/h2H,1H3. The van der Waals surface area contributed by atoms with Crippen LogP contribution in [0.15, 0.2) is 10.5 Å². The Hall–Kier alpha value is -0.140. The molecule has 1 rings (SSSR count). The number of hydrogen-bond acceptors (Lipinski definition) is 1. The molecule has 0 aliphatic rings. The van der Waals surface area contributed by atoms with Crippen LogP contribution in [0.4, 0.5) is 0 Å². The van der Waals surface area contributed by atoms with Crippen molar-refractivity contribution in [1.82, 2.24) is 0 Å². The number of rotatable bonds is 0. The fourth-order valence-electron chi connectivity index (χ4n) is 0.423. The molecule has 1 nitrogen and oxygen atoms in total. The third-order valence-corrected chi connectivity index (χ3v) is 1.39. The largest absolute Gasteiger partial charge is 0.433 e. The summed E-state index contributed by atoms with van der Waals surface area (Å²) in [6.07, 6.45) is 0. The first kappa shape index (κ1) is 5.99. The zero-order valence-corrected chi connectivity index (χ0v) is 5.75. The molecule has 0 fully saturated rings. The van der Waals surface area contributed by atoms with E-state index in [0.29, 0.717) is 10.4 Å². The van der Waals surface area contributed by atoms with Gasteiger partial charge in [-0.3, -0.25) is 0 Å². The van der Waals surface area contributed by atoms with E-state index in [1.165, 1.54) is 0 Å². The number of furan rings is 1. The summed E-state index contributed by atoms with van der Waals surface area (Å²) in [4.78, 5) is 0. The maximum absolute atomic E-state index is 5.48. The molecule has 0 radical (unpaired) electrons. The lowest BCUT2D eigenvalue weighted by atomic mass is 10.4. The van der Waals surface area contributed by atoms with Crippen molar-refractivity contribution in [2.45, 2.75) is 6.92 Å². The highest BCUT2D eigenvalue weighted by molar-refractivity contribution is 6.32. The second-order valence-electron chi connectivity index (χ2n) is 1.51. The highest BCUT2D eigenvalue weighted by atomic mass is 35.5. The zero-order valence-electron chi connectivity index (χ0n) is 4.24. The molecule has 0 N–H and O–H groups in total. The van der Waals surface area contributed by atoms with Crippen molar-refractivity contribution in [3.8, 4) is 0 Å². The third kappa shape index (κ3) is 0.984. The maximum Gasteiger partial charge on any atom is 0.198 e. The predicted molar refractivity (Wildman–Crippen MR) is 33.5 cm³/mol. The second-order valence-corrected chi connectivity index (χ2v) is 2.22. The van der Waals surface area contributed by atoms with Crippen LogP contribution < -0.4 is 0 Å². The molecule has 0 saturated carbocycles. The van der Waals surface area contributed by atoms with Crippen molar-refractivity contribution < 1.29 is 4.42 Å². The second kappa shape index (κ2) is 2.00. The minimum Gasteiger partial charge on any atom is -0.433 e. The first-order valence-corrected chi connectivity index (χ1v) is 2.87. The Labute approximate surface area is 57.2 Å². The quantitative estimate of drug-likeness (QED) is 0.555. The monoisotopic (exact) mass is 150 g/mol. The average Bonchev–Trinajstić information content (AvgIpc) is 1.85. The predicted octanol–water partition coefficient (Wildman–Crippen LogP) is 2.89. The molecule has 44 valence electrons. The topological polar surface area (TPSA) is 13.1 Å². The summed E-state index contributed by atoms with van der Waals surface area (Å²) in [5.41, 5.74) is 0.872. The third-order valence-electron chi connectivity index (χ3n) is 0.827. The van der Waals surface area contributed by atoms with E-state index in [1.807, 2.05) is 6.92 Å². The van der Waals surface area contributed by atoms with Crippen LogP contribution in [0.3, 0.4) is 0 Å². The first-order valence-electron chi connectivity index (χ1n) is 2.11. The van der Waals surface area contributed by atoms with Gasteiger partial charge in [0.05, 0.1) is 0 Å². The molecule has 0 aromatic carbocycles. The van der Waals surface area contributed by atoms with Crippen LogP contribution in [0, 0.1) is 6.92 Å². The van der Waals surface area contributed by atoms with E-state index >= 15 is 0 Å². The Morgan fingerprint density at radius 1 is 1.50 bits per heavy atom. The summed E-state index contributed by atoms with van der Waals surface area (Å²) < 4.78 is 4.74. The minimum atomic E-state index is 0.340. The lowest BCUT2D eigenvalue weighted by Crippen LogP contribution is -1.56. The molecule has 0 aliphatic heterocycles. The lowest BCUT2D eigenvalue weighted by molar-refractivity contribution is 0.569. The van der Waals surface area contributed by atoms with Crippen molar-refractivity contribution in [3.05, 3.63) is 22.1 Å². The zero-order chi connectivity index (χ0) is 6.15. The Morgan fingerprint density at radius 3 is 2.25 bits per heavy atom. The summed E-state index contributed by atoms with van der Waals surface area (Å²) in [5.74, 6) is 0. The van der Waals surface area contributed by atoms with Crippen LogP contribution in [0.2, 0.25) is 10.4 Å². The molecule has 0 aliphatic carbocycles. The van der Waals surface area contributed by atoms with E-state index in [1.54, 1.807) is 6.07 Å². The van der Waals surface area contributed by atoms with Gasteiger partial charge < -0.3 is 4.42 Å². The van der Waals surface area contributed by atoms with E-state index in [0.717, 1.165) is 5.56 Å². The summed E-state index contributed by atoms with van der Waals surface area (Å²) in [6, 6.07) is 1.67. The fraction of sp³-hybridized carbons (Fsp3) is 0.200. The molecule has 0 spiro atoms. The van der Waals surface area contributed by atoms with Gasteiger partial charge in [0, 0.05) is 11.6 Å². The Kier molecular flexibility index (Phi) is 1.49. The first-order chi connectivity index (χ1) is 3.70. The van der Waals surface area contributed by atoms with E-state index in [2.05, 4.69) is 0 Å². The number of aryl methyl sites for hydroxylation is 1. The van der Waals surface area contributed by atoms with Gasteiger partial charge in [0.15, 0.2) is 10.4 Å². The molecule has 0 saturated heterocycles. The van der Waals surface area contributed by atoms with Crippen molar-refractivity contribution in [2.75, 3.05) is 0 Å². The lowest BCUT2D eigenvalue weighted by Gasteiger charge is -1.76. The van der Waals surface area contributed by atoms with Gasteiger partial charge in [-0.15, -0.1) is 0 Å². The summed E-state index contributed by atoms with van der Waals surface area (Å²) in [5, 5.41) is 0.711. The van der Waals surface area contributed by atoms with E-state index in [-0.39, 0.29) is 0 Å². The van der Waals surface area contributed by atoms with E-state index in [4.69, 9.17) is 27.6 Å². The minimum absolute atomic E-state index is 0.340. The molecule has 8 heavy (non-hydrogen) atoms. The Bertz CT molecular complexity index is 173. The highest BCUT2D eigenvalue weighted by Crippen LogP contribution is 2.22. The van der Waals surface area contributed by atoms with Crippen LogP contribution in [0.1, 0.15) is 5.56 Å². The van der Waals surface area contributed by atoms with Crippen LogP contribution in [-0.4, -0.2) is 0 Å². The maximum atomic E-state index is 5.48. The molecule has 1 aromatic rings. The van der Waals surface area contributed by atoms with E-state index < -0.39 is 0 Å². The van der Waals surface area contributed by atoms with Crippen LogP contribution in [0.25, 0.3) is 0 Å². The van der Waals surface area contributed by atoms with Crippen LogP contribution in [-0.2, 0) is 0 Å². The van der Waals surface area contributed by atoms with E-state index in [9.17, 15) is 0 Å². The van der Waals surface area contributed by atoms with Gasteiger partial charge in [-0.25, -0.2) is 0 Å². The Morgan fingerprint density at radius 2 is 2.12 bits per heavy atom. The number of halogens is 2. The van der Waals surface area contributed by atoms with Crippen molar-refractivity contribution in [3.63, 3.8) is 0 Å². The van der Waals surface area contributed by atoms with Gasteiger partial charge in [-0.1, -0.05) is 0 Å². The molecular formula is C5H4Cl2O. The molecule has 0 amide bonds. The van der Waals surface area contributed by atoms with Crippen molar-refractivity contribution in [2.24, 2.45) is 0 Å². The van der Waals surface area contributed by atoms with Gasteiger partial charge in [-0.05, 0) is 30.1 Å². The number of hydrogen-bond donors (Lipinski definition) is 0. The molecule has 0 atom stereocenters. The SMILES string of the molecule is Cc1cc(Cl)oc1Cl. The van der Waals surface area contributed by atoms with Gasteiger partial charge in [-0.2, -0.15) is 0 Å². The van der Waals surface area contributed by atoms with Gasteiger partial charge in [0.2, 0.25) is 0 Å².